The molecule has 1 aliphatic heterocycles. The standard InChI is InChI=1S/C24H25N5O/c30-24(9-6-18-4-2-1-3-5-18)29-12-10-19(17-29)16-28-13-11-22-23(28)8-7-21(27-22)20-14-25-26-15-20/h1-5,7-8,11,13-15,19H,6,9-10,12,16-17H2,(H,25,26). The number of benzene rings is 1. The number of aryl methyl sites for hydroxylation is 1. The normalized spacial score (nSPS) is 16.4. The lowest BCUT2D eigenvalue weighted by atomic mass is 10.1. The number of likely N-dealkylation sites (tertiary alicyclic amines) is 1. The van der Waals surface area contributed by atoms with Crippen molar-refractivity contribution in [2.75, 3.05) is 13.1 Å². The molecule has 152 valence electrons. The molecule has 6 nitrogen and oxygen atoms in total. The Kier molecular flexibility index (Phi) is 5.05. The fraction of sp³-hybridized carbons (Fsp3) is 0.292. The van der Waals surface area contributed by atoms with Crippen LogP contribution in [0.25, 0.3) is 22.3 Å². The van der Waals surface area contributed by atoms with Gasteiger partial charge in [0.2, 0.25) is 5.91 Å². The first-order chi connectivity index (χ1) is 14.8. The third-order valence-electron chi connectivity index (χ3n) is 5.98. The summed E-state index contributed by atoms with van der Waals surface area (Å²) in [6.07, 6.45) is 8.20. The van der Waals surface area contributed by atoms with Crippen LogP contribution >= 0.6 is 0 Å². The molecule has 1 saturated heterocycles. The number of carbonyl (C=O) groups is 1. The van der Waals surface area contributed by atoms with Crippen molar-refractivity contribution in [2.45, 2.75) is 25.8 Å². The maximum Gasteiger partial charge on any atom is 0.222 e. The van der Waals surface area contributed by atoms with Gasteiger partial charge in [0.15, 0.2) is 0 Å². The van der Waals surface area contributed by atoms with Gasteiger partial charge in [-0.2, -0.15) is 5.10 Å². The van der Waals surface area contributed by atoms with E-state index in [4.69, 9.17) is 4.98 Å². The predicted octanol–water partition coefficient (Wildman–Crippen LogP) is 3.91. The van der Waals surface area contributed by atoms with Gasteiger partial charge < -0.3 is 9.47 Å². The highest BCUT2D eigenvalue weighted by Gasteiger charge is 2.26. The molecule has 6 heteroatoms. The van der Waals surface area contributed by atoms with Gasteiger partial charge in [-0.25, -0.2) is 4.98 Å². The maximum atomic E-state index is 12.6. The van der Waals surface area contributed by atoms with Crippen LogP contribution in [0.5, 0.6) is 0 Å². The Bertz CT molecular complexity index is 1130. The quantitative estimate of drug-likeness (QED) is 0.535. The Morgan fingerprint density at radius 3 is 2.87 bits per heavy atom. The molecule has 30 heavy (non-hydrogen) atoms. The SMILES string of the molecule is O=C(CCc1ccccc1)N1CCC(Cn2ccc3nc(-c4cn[nH]c4)ccc32)C1. The number of nitrogens with zero attached hydrogens (tertiary/aromatic N) is 4. The van der Waals surface area contributed by atoms with Gasteiger partial charge in [-0.05, 0) is 42.5 Å². The topological polar surface area (TPSA) is 66.8 Å². The van der Waals surface area contributed by atoms with Gasteiger partial charge in [0.25, 0.3) is 0 Å². The van der Waals surface area contributed by atoms with E-state index < -0.39 is 0 Å². The summed E-state index contributed by atoms with van der Waals surface area (Å²) in [5.74, 6) is 0.750. The summed E-state index contributed by atoms with van der Waals surface area (Å²) < 4.78 is 2.27. The Morgan fingerprint density at radius 2 is 2.03 bits per heavy atom. The predicted molar refractivity (Wildman–Crippen MR) is 117 cm³/mol. The minimum absolute atomic E-state index is 0.269. The lowest BCUT2D eigenvalue weighted by Crippen LogP contribution is -2.29. The number of aromatic amines is 1. The minimum Gasteiger partial charge on any atom is -0.346 e. The third kappa shape index (κ3) is 3.85. The third-order valence-corrected chi connectivity index (χ3v) is 5.98. The molecule has 1 unspecified atom stereocenters. The van der Waals surface area contributed by atoms with E-state index in [1.165, 1.54) is 5.56 Å². The highest BCUT2D eigenvalue weighted by atomic mass is 16.2. The first-order valence-electron chi connectivity index (χ1n) is 10.5. The molecule has 4 heterocycles. The molecule has 1 N–H and O–H groups in total. The lowest BCUT2D eigenvalue weighted by molar-refractivity contribution is -0.130. The summed E-state index contributed by atoms with van der Waals surface area (Å²) >= 11 is 0. The second kappa shape index (κ2) is 8.14. The zero-order valence-electron chi connectivity index (χ0n) is 16.9. The van der Waals surface area contributed by atoms with Crippen molar-refractivity contribution >= 4 is 16.9 Å². The number of carbonyl (C=O) groups excluding carboxylic acids is 1. The van der Waals surface area contributed by atoms with E-state index in [1.54, 1.807) is 6.20 Å². The fourth-order valence-corrected chi connectivity index (χ4v) is 4.33. The fourth-order valence-electron chi connectivity index (χ4n) is 4.33. The van der Waals surface area contributed by atoms with E-state index in [2.05, 4.69) is 45.2 Å². The number of rotatable bonds is 6. The van der Waals surface area contributed by atoms with Crippen molar-refractivity contribution in [2.24, 2.45) is 5.92 Å². The highest BCUT2D eigenvalue weighted by Crippen LogP contribution is 2.24. The zero-order chi connectivity index (χ0) is 20.3. The second-order valence-electron chi connectivity index (χ2n) is 8.04. The van der Waals surface area contributed by atoms with Crippen LogP contribution in [-0.4, -0.2) is 43.6 Å². The van der Waals surface area contributed by atoms with E-state index in [0.717, 1.165) is 54.8 Å². The Morgan fingerprint density at radius 1 is 1.13 bits per heavy atom. The van der Waals surface area contributed by atoms with Gasteiger partial charge in [0.1, 0.15) is 0 Å². The molecule has 1 aliphatic rings. The van der Waals surface area contributed by atoms with Gasteiger partial charge in [-0.1, -0.05) is 30.3 Å². The van der Waals surface area contributed by atoms with Gasteiger partial charge in [0, 0.05) is 44.0 Å². The van der Waals surface area contributed by atoms with E-state index in [0.29, 0.717) is 12.3 Å². The molecule has 1 amide bonds. The molecule has 0 radical (unpaired) electrons. The number of pyridine rings is 1. The molecule has 0 aliphatic carbocycles. The number of nitrogens with one attached hydrogen (secondary N) is 1. The molecule has 4 aromatic rings. The number of hydrogen-bond donors (Lipinski definition) is 1. The van der Waals surface area contributed by atoms with Crippen molar-refractivity contribution in [1.82, 2.24) is 24.6 Å². The summed E-state index contributed by atoms with van der Waals surface area (Å²) in [4.78, 5) is 19.4. The Hall–Kier alpha value is -3.41. The summed E-state index contributed by atoms with van der Waals surface area (Å²) in [5, 5.41) is 6.84. The molecule has 1 atom stereocenters. The van der Waals surface area contributed by atoms with Crippen molar-refractivity contribution in [1.29, 1.82) is 0 Å². The smallest absolute Gasteiger partial charge is 0.222 e. The van der Waals surface area contributed by atoms with Gasteiger partial charge >= 0.3 is 0 Å². The van der Waals surface area contributed by atoms with Crippen molar-refractivity contribution in [3.05, 3.63) is 72.7 Å². The van der Waals surface area contributed by atoms with Gasteiger partial charge in [-0.3, -0.25) is 9.89 Å². The number of H-pyrrole nitrogens is 1. The van der Waals surface area contributed by atoms with E-state index in [-0.39, 0.29) is 5.91 Å². The van der Waals surface area contributed by atoms with Crippen LogP contribution in [0.15, 0.2) is 67.1 Å². The van der Waals surface area contributed by atoms with E-state index in [9.17, 15) is 4.79 Å². The summed E-state index contributed by atoms with van der Waals surface area (Å²) in [6, 6.07) is 16.5. The summed E-state index contributed by atoms with van der Waals surface area (Å²) in [5.41, 5.74) is 5.26. The largest absolute Gasteiger partial charge is 0.346 e. The molecule has 0 bridgehead atoms. The first kappa shape index (κ1) is 18.6. The van der Waals surface area contributed by atoms with Crippen molar-refractivity contribution in [3.63, 3.8) is 0 Å². The van der Waals surface area contributed by atoms with Crippen LogP contribution in [0.4, 0.5) is 0 Å². The minimum atomic E-state index is 0.269. The number of aromatic nitrogens is 4. The summed E-state index contributed by atoms with van der Waals surface area (Å²) in [7, 11) is 0. The van der Waals surface area contributed by atoms with E-state index >= 15 is 0 Å². The average Bonchev–Trinajstić information content (AvgIpc) is 3.54. The van der Waals surface area contributed by atoms with Crippen LogP contribution in [0.2, 0.25) is 0 Å². The van der Waals surface area contributed by atoms with Crippen LogP contribution in [-0.2, 0) is 17.8 Å². The molecule has 3 aromatic heterocycles. The molecule has 0 spiro atoms. The van der Waals surface area contributed by atoms with Gasteiger partial charge in [-0.15, -0.1) is 0 Å². The van der Waals surface area contributed by atoms with Crippen LogP contribution in [0, 0.1) is 5.92 Å². The van der Waals surface area contributed by atoms with Crippen molar-refractivity contribution < 1.29 is 4.79 Å². The van der Waals surface area contributed by atoms with Crippen molar-refractivity contribution in [3.8, 4) is 11.3 Å². The highest BCUT2D eigenvalue weighted by molar-refractivity contribution is 5.79. The number of hydrogen-bond acceptors (Lipinski definition) is 3. The Labute approximate surface area is 175 Å². The number of fused-ring (bicyclic) bond motifs is 1. The van der Waals surface area contributed by atoms with Gasteiger partial charge in [0.05, 0.1) is 22.9 Å². The molecule has 1 fully saturated rings. The molecule has 5 rings (SSSR count). The molecular weight excluding hydrogens is 374 g/mol. The first-order valence-corrected chi connectivity index (χ1v) is 10.5. The zero-order valence-corrected chi connectivity index (χ0v) is 16.9. The molecule has 1 aromatic carbocycles. The van der Waals surface area contributed by atoms with Crippen LogP contribution in [0.3, 0.4) is 0 Å². The lowest BCUT2D eigenvalue weighted by Gasteiger charge is -2.17. The van der Waals surface area contributed by atoms with E-state index in [1.807, 2.05) is 35.4 Å². The second-order valence-corrected chi connectivity index (χ2v) is 8.04. The van der Waals surface area contributed by atoms with Crippen LogP contribution in [0.1, 0.15) is 18.4 Å². The molecule has 0 saturated carbocycles. The maximum absolute atomic E-state index is 12.6. The summed E-state index contributed by atoms with van der Waals surface area (Å²) in [6.45, 7) is 2.62. The van der Waals surface area contributed by atoms with Crippen LogP contribution < -0.4 is 0 Å². The monoisotopic (exact) mass is 399 g/mol. The average molecular weight is 399 g/mol. The number of amides is 1. The molecular formula is C24H25N5O. The Balaban J connectivity index is 1.20.